The van der Waals surface area contributed by atoms with Crippen LogP contribution in [0.5, 0.6) is 0 Å². The Hall–Kier alpha value is -2.04. The lowest BCUT2D eigenvalue weighted by Crippen LogP contribution is -2.49. The van der Waals surface area contributed by atoms with Crippen LogP contribution >= 0.6 is 0 Å². The smallest absolute Gasteiger partial charge is 0.325 e. The van der Waals surface area contributed by atoms with Crippen LogP contribution in [0.1, 0.15) is 40.0 Å². The molecule has 0 aromatic heterocycles. The molecule has 0 aliphatic carbocycles. The third-order valence-electron chi connectivity index (χ3n) is 2.89. The van der Waals surface area contributed by atoms with Gasteiger partial charge in [0.25, 0.3) is 0 Å². The van der Waals surface area contributed by atoms with Crippen LogP contribution in [0.3, 0.4) is 0 Å². The van der Waals surface area contributed by atoms with Crippen molar-refractivity contribution in [3.8, 4) is 0 Å². The van der Waals surface area contributed by atoms with Crippen molar-refractivity contribution in [2.75, 3.05) is 19.6 Å². The first-order valence-corrected chi connectivity index (χ1v) is 7.84. The highest BCUT2D eigenvalue weighted by Gasteiger charge is 2.19. The summed E-state index contributed by atoms with van der Waals surface area (Å²) in [6, 6.07) is -0.699. The fourth-order valence-electron chi connectivity index (χ4n) is 1.71. The van der Waals surface area contributed by atoms with Crippen LogP contribution in [0, 0.1) is 0 Å². The summed E-state index contributed by atoms with van der Waals surface area (Å²) in [5, 5.41) is 5.53. The van der Waals surface area contributed by atoms with Crippen molar-refractivity contribution >= 4 is 12.1 Å². The van der Waals surface area contributed by atoms with Crippen LogP contribution in [-0.4, -0.2) is 36.6 Å². The lowest BCUT2D eigenvalue weighted by molar-refractivity contribution is 0.186. The number of nitrogens with one attached hydrogen (secondary N) is 2. The molecule has 0 aliphatic rings. The second-order valence-electron chi connectivity index (χ2n) is 4.69. The lowest BCUT2D eigenvalue weighted by Gasteiger charge is -2.21. The molecule has 5 heteroatoms. The first-order valence-electron chi connectivity index (χ1n) is 7.84. The molecule has 22 heavy (non-hydrogen) atoms. The van der Waals surface area contributed by atoms with Crippen molar-refractivity contribution in [2.24, 2.45) is 0 Å². The van der Waals surface area contributed by atoms with Gasteiger partial charge in [0.15, 0.2) is 0 Å². The summed E-state index contributed by atoms with van der Waals surface area (Å²) >= 11 is 0. The highest BCUT2D eigenvalue weighted by Crippen LogP contribution is 1.97. The SMILES string of the molecule is C/C=C/CCNC(=O)N(CC/C=C/C)C(=O)NCC/C=C/C. The maximum Gasteiger partial charge on any atom is 0.325 e. The van der Waals surface area contributed by atoms with E-state index in [-0.39, 0.29) is 12.1 Å². The molecule has 0 bridgehead atoms. The van der Waals surface area contributed by atoms with Gasteiger partial charge in [0.2, 0.25) is 0 Å². The van der Waals surface area contributed by atoms with Crippen molar-refractivity contribution in [3.63, 3.8) is 0 Å². The lowest BCUT2D eigenvalue weighted by atomic mass is 10.3. The van der Waals surface area contributed by atoms with E-state index in [0.29, 0.717) is 26.1 Å². The predicted octanol–water partition coefficient (Wildman–Crippen LogP) is 3.61. The third-order valence-corrected chi connectivity index (χ3v) is 2.89. The molecule has 0 saturated heterocycles. The number of urea groups is 2. The van der Waals surface area contributed by atoms with E-state index in [0.717, 1.165) is 12.8 Å². The van der Waals surface area contributed by atoms with Crippen LogP contribution in [0.15, 0.2) is 36.5 Å². The highest BCUT2D eigenvalue weighted by atomic mass is 16.2. The monoisotopic (exact) mass is 307 g/mol. The number of amides is 4. The van der Waals surface area contributed by atoms with Crippen molar-refractivity contribution in [2.45, 2.75) is 40.0 Å². The molecule has 0 heterocycles. The summed E-state index contributed by atoms with van der Waals surface area (Å²) in [5.74, 6) is 0. The molecule has 0 unspecified atom stereocenters. The molecule has 0 atom stereocenters. The molecule has 124 valence electrons. The van der Waals surface area contributed by atoms with Gasteiger partial charge in [-0.15, -0.1) is 0 Å². The zero-order chi connectivity index (χ0) is 16.6. The molecule has 0 radical (unpaired) electrons. The van der Waals surface area contributed by atoms with Crippen molar-refractivity contribution < 1.29 is 9.59 Å². The van der Waals surface area contributed by atoms with Crippen molar-refractivity contribution in [3.05, 3.63) is 36.5 Å². The molecular formula is C17H29N3O2. The molecule has 5 nitrogen and oxygen atoms in total. The van der Waals surface area contributed by atoms with Crippen LogP contribution in [-0.2, 0) is 0 Å². The Morgan fingerprint density at radius 2 is 1.18 bits per heavy atom. The maximum atomic E-state index is 12.1. The Morgan fingerprint density at radius 3 is 1.59 bits per heavy atom. The topological polar surface area (TPSA) is 61.4 Å². The van der Waals surface area contributed by atoms with E-state index in [1.165, 1.54) is 4.90 Å². The third kappa shape index (κ3) is 9.80. The Balaban J connectivity index is 4.44. The van der Waals surface area contributed by atoms with E-state index in [9.17, 15) is 9.59 Å². The van der Waals surface area contributed by atoms with E-state index in [4.69, 9.17) is 0 Å². The van der Waals surface area contributed by atoms with Crippen LogP contribution in [0.25, 0.3) is 0 Å². The minimum atomic E-state index is -0.350. The van der Waals surface area contributed by atoms with Gasteiger partial charge in [0, 0.05) is 19.6 Å². The molecule has 0 fully saturated rings. The normalized spacial score (nSPS) is 11.4. The standard InChI is InChI=1S/C17H29N3O2/c1-4-7-10-13-18-16(21)20(15-12-9-6-3)17(22)19-14-11-8-5-2/h4-9H,10-15H2,1-3H3,(H,18,21)(H,19,22)/b7-4+,8-5+,9-6+. The number of carbonyl (C=O) groups is 2. The molecule has 0 aliphatic heterocycles. The van der Waals surface area contributed by atoms with Crippen LogP contribution in [0.2, 0.25) is 0 Å². The van der Waals surface area contributed by atoms with E-state index in [1.807, 2.05) is 57.2 Å². The van der Waals surface area contributed by atoms with Gasteiger partial charge in [0.05, 0.1) is 0 Å². The van der Waals surface area contributed by atoms with E-state index in [1.54, 1.807) is 0 Å². The first kappa shape index (κ1) is 20.0. The Labute approximate surface area is 134 Å². The second kappa shape index (κ2) is 13.9. The molecule has 0 saturated carbocycles. The maximum absolute atomic E-state index is 12.1. The van der Waals surface area contributed by atoms with Crippen molar-refractivity contribution in [1.82, 2.24) is 15.5 Å². The fourth-order valence-corrected chi connectivity index (χ4v) is 1.71. The van der Waals surface area contributed by atoms with E-state index in [2.05, 4.69) is 10.6 Å². The van der Waals surface area contributed by atoms with Crippen molar-refractivity contribution in [1.29, 1.82) is 0 Å². The molecule has 4 amide bonds. The number of nitrogens with zero attached hydrogens (tertiary/aromatic N) is 1. The van der Waals surface area contributed by atoms with Gasteiger partial charge in [0.1, 0.15) is 0 Å². The first-order chi connectivity index (χ1) is 10.7. The summed E-state index contributed by atoms with van der Waals surface area (Å²) in [6.07, 6.45) is 13.8. The molecule has 2 N–H and O–H groups in total. The molecule has 0 rings (SSSR count). The summed E-state index contributed by atoms with van der Waals surface area (Å²) in [5.41, 5.74) is 0. The van der Waals surface area contributed by atoms with Gasteiger partial charge in [-0.05, 0) is 40.0 Å². The summed E-state index contributed by atoms with van der Waals surface area (Å²) in [4.78, 5) is 25.5. The number of hydrogen-bond acceptors (Lipinski definition) is 2. The summed E-state index contributed by atoms with van der Waals surface area (Å²) in [6.45, 7) is 7.20. The minimum absolute atomic E-state index is 0.350. The van der Waals surface area contributed by atoms with Gasteiger partial charge in [-0.25, -0.2) is 14.5 Å². The Kier molecular flexibility index (Phi) is 12.6. The molecular weight excluding hydrogens is 278 g/mol. The van der Waals surface area contributed by atoms with E-state index < -0.39 is 0 Å². The Morgan fingerprint density at radius 1 is 0.773 bits per heavy atom. The number of carbonyl (C=O) groups excluding carboxylic acids is 2. The van der Waals surface area contributed by atoms with Crippen LogP contribution in [0.4, 0.5) is 9.59 Å². The molecule has 0 aromatic rings. The average Bonchev–Trinajstić information content (AvgIpc) is 2.52. The zero-order valence-electron chi connectivity index (χ0n) is 14.0. The van der Waals surface area contributed by atoms with Gasteiger partial charge >= 0.3 is 12.1 Å². The average molecular weight is 307 g/mol. The second-order valence-corrected chi connectivity index (χ2v) is 4.69. The van der Waals surface area contributed by atoms with Crippen LogP contribution < -0.4 is 10.6 Å². The highest BCUT2D eigenvalue weighted by molar-refractivity contribution is 5.93. The van der Waals surface area contributed by atoms with Gasteiger partial charge in [-0.1, -0.05) is 36.5 Å². The quantitative estimate of drug-likeness (QED) is 0.505. The largest absolute Gasteiger partial charge is 0.337 e. The van der Waals surface area contributed by atoms with E-state index >= 15 is 0 Å². The van der Waals surface area contributed by atoms with Gasteiger partial charge < -0.3 is 10.6 Å². The summed E-state index contributed by atoms with van der Waals surface area (Å²) in [7, 11) is 0. The number of hydrogen-bond donors (Lipinski definition) is 2. The molecule has 0 spiro atoms. The molecule has 0 aromatic carbocycles. The fraction of sp³-hybridized carbons (Fsp3) is 0.529. The number of rotatable bonds is 9. The van der Waals surface area contributed by atoms with Gasteiger partial charge in [-0.3, -0.25) is 0 Å². The van der Waals surface area contributed by atoms with Gasteiger partial charge in [-0.2, -0.15) is 0 Å². The minimum Gasteiger partial charge on any atom is -0.337 e. The number of imide groups is 1. The Bertz CT molecular complexity index is 371. The zero-order valence-corrected chi connectivity index (χ0v) is 14.0. The summed E-state index contributed by atoms with van der Waals surface area (Å²) < 4.78 is 0. The predicted molar refractivity (Wildman–Crippen MR) is 91.8 cm³/mol. The number of allylic oxidation sites excluding steroid dienone is 3.